The van der Waals surface area contributed by atoms with Crippen molar-refractivity contribution in [3.05, 3.63) is 60.6 Å². The lowest BCUT2D eigenvalue weighted by Gasteiger charge is -2.18. The first-order valence-corrected chi connectivity index (χ1v) is 13.5. The molecule has 5 aromatic rings. The Bertz CT molecular complexity index is 1730. The number of ether oxygens (including phenoxy) is 3. The number of aromatic nitrogens is 6. The maximum Gasteiger partial charge on any atom is 0.243 e. The number of nitrogens with zero attached hydrogens (tertiary/aromatic N) is 6. The Morgan fingerprint density at radius 2 is 1.82 bits per heavy atom. The molecular formula is C25H26FN7O6S. The van der Waals surface area contributed by atoms with E-state index in [2.05, 4.69) is 24.9 Å². The van der Waals surface area contributed by atoms with Crippen LogP contribution in [0.2, 0.25) is 0 Å². The van der Waals surface area contributed by atoms with Gasteiger partial charge in [0.15, 0.2) is 11.6 Å². The Morgan fingerprint density at radius 3 is 2.48 bits per heavy atom. The second-order valence-corrected chi connectivity index (χ2v) is 10.8. The number of imidazole rings is 1. The Kier molecular flexibility index (Phi) is 7.40. The summed E-state index contributed by atoms with van der Waals surface area (Å²) in [6.07, 6.45) is 3.86. The van der Waals surface area contributed by atoms with E-state index in [9.17, 15) is 12.8 Å². The van der Waals surface area contributed by atoms with Gasteiger partial charge in [-0.05, 0) is 31.2 Å². The van der Waals surface area contributed by atoms with Crippen molar-refractivity contribution < 1.29 is 31.4 Å². The van der Waals surface area contributed by atoms with Gasteiger partial charge in [0.1, 0.15) is 35.0 Å². The summed E-state index contributed by atoms with van der Waals surface area (Å²) in [5, 5.41) is 7.27. The average molecular weight is 572 g/mol. The second kappa shape index (κ2) is 10.9. The number of furan rings is 1. The first-order chi connectivity index (χ1) is 19.3. The van der Waals surface area contributed by atoms with Gasteiger partial charge in [0, 0.05) is 13.5 Å². The number of fused-ring (bicyclic) bond motifs is 1. The first kappa shape index (κ1) is 27.1. The summed E-state index contributed by atoms with van der Waals surface area (Å²) in [6.45, 7) is 1.58. The highest BCUT2D eigenvalue weighted by atomic mass is 32.2. The van der Waals surface area contributed by atoms with Gasteiger partial charge in [-0.25, -0.2) is 17.8 Å². The Morgan fingerprint density at radius 1 is 1.07 bits per heavy atom. The van der Waals surface area contributed by atoms with Gasteiger partial charge in [0.2, 0.25) is 21.8 Å². The van der Waals surface area contributed by atoms with Gasteiger partial charge in [-0.15, -0.1) is 10.2 Å². The number of nitrogens with one attached hydrogen (secondary N) is 1. The molecule has 0 unspecified atom stereocenters. The zero-order valence-electron chi connectivity index (χ0n) is 22.0. The van der Waals surface area contributed by atoms with Crippen LogP contribution in [-0.4, -0.2) is 64.3 Å². The number of sulfonamides is 1. The summed E-state index contributed by atoms with van der Waals surface area (Å²) in [4.78, 5) is 8.37. The molecule has 0 bridgehead atoms. The zero-order chi connectivity index (χ0) is 28.4. The normalized spacial score (nSPS) is 12.5. The Balaban J connectivity index is 1.53. The summed E-state index contributed by atoms with van der Waals surface area (Å²) in [6, 6.07) is 8.45. The third-order valence-corrected chi connectivity index (χ3v) is 7.91. The van der Waals surface area contributed by atoms with E-state index < -0.39 is 21.1 Å². The maximum atomic E-state index is 14.5. The number of methoxy groups -OCH3 is 3. The molecule has 4 heterocycles. The van der Waals surface area contributed by atoms with Crippen LogP contribution in [0.3, 0.4) is 0 Å². The number of hydrogen-bond acceptors (Lipinski definition) is 10. The van der Waals surface area contributed by atoms with Crippen molar-refractivity contribution >= 4 is 27.0 Å². The lowest BCUT2D eigenvalue weighted by atomic mass is 10.2. The number of pyridine rings is 1. The molecule has 0 aliphatic rings. The molecule has 0 aliphatic carbocycles. The molecule has 1 N–H and O–H groups in total. The van der Waals surface area contributed by atoms with Crippen LogP contribution in [-0.2, 0) is 27.9 Å². The van der Waals surface area contributed by atoms with E-state index in [0.717, 1.165) is 6.20 Å². The predicted octanol–water partition coefficient (Wildman–Crippen LogP) is 3.41. The Hall–Kier alpha value is -4.50. The van der Waals surface area contributed by atoms with Crippen molar-refractivity contribution in [3.63, 3.8) is 0 Å². The minimum absolute atomic E-state index is 0.0622. The van der Waals surface area contributed by atoms with Gasteiger partial charge in [-0.2, -0.15) is 0 Å². The molecule has 4 aromatic heterocycles. The summed E-state index contributed by atoms with van der Waals surface area (Å²) in [7, 11) is 0.333. The smallest absolute Gasteiger partial charge is 0.243 e. The van der Waals surface area contributed by atoms with Crippen LogP contribution in [0.5, 0.6) is 11.5 Å². The van der Waals surface area contributed by atoms with Gasteiger partial charge in [0.25, 0.3) is 0 Å². The molecule has 40 heavy (non-hydrogen) atoms. The SMILES string of the molecule is COCn1cnc2c(C[C@H](C)S(=O)(=O)Nc3nnc(-c4ccco4)n3-c3c(OC)cccc3OC)ncc(F)c21. The van der Waals surface area contributed by atoms with Crippen molar-refractivity contribution in [2.75, 3.05) is 26.1 Å². The van der Waals surface area contributed by atoms with E-state index in [4.69, 9.17) is 18.6 Å². The van der Waals surface area contributed by atoms with Gasteiger partial charge in [0.05, 0.1) is 44.0 Å². The van der Waals surface area contributed by atoms with Crippen molar-refractivity contribution in [2.24, 2.45) is 0 Å². The number of hydrogen-bond donors (Lipinski definition) is 1. The highest BCUT2D eigenvalue weighted by Crippen LogP contribution is 2.38. The monoisotopic (exact) mass is 571 g/mol. The largest absolute Gasteiger partial charge is 0.494 e. The molecular weight excluding hydrogens is 545 g/mol. The molecule has 0 saturated carbocycles. The van der Waals surface area contributed by atoms with E-state index in [0.29, 0.717) is 28.6 Å². The minimum atomic E-state index is -4.10. The minimum Gasteiger partial charge on any atom is -0.494 e. The molecule has 210 valence electrons. The van der Waals surface area contributed by atoms with Gasteiger partial charge in [-0.1, -0.05) is 6.07 Å². The van der Waals surface area contributed by atoms with Gasteiger partial charge >= 0.3 is 0 Å². The molecule has 1 atom stereocenters. The third-order valence-electron chi connectivity index (χ3n) is 6.21. The fraction of sp³-hybridized carbons (Fsp3) is 0.280. The maximum absolute atomic E-state index is 14.5. The lowest BCUT2D eigenvalue weighted by molar-refractivity contribution is 0.134. The van der Waals surface area contributed by atoms with Crippen molar-refractivity contribution in [1.29, 1.82) is 0 Å². The Labute approximate surface area is 228 Å². The van der Waals surface area contributed by atoms with Gasteiger partial charge < -0.3 is 23.2 Å². The molecule has 1 aromatic carbocycles. The molecule has 0 spiro atoms. The molecule has 0 amide bonds. The molecule has 5 rings (SSSR count). The van der Waals surface area contributed by atoms with Crippen LogP contribution in [0.4, 0.5) is 10.3 Å². The predicted molar refractivity (Wildman–Crippen MR) is 142 cm³/mol. The van der Waals surface area contributed by atoms with Crippen LogP contribution in [0, 0.1) is 5.82 Å². The topological polar surface area (TPSA) is 148 Å². The molecule has 0 saturated heterocycles. The van der Waals surface area contributed by atoms with Crippen molar-refractivity contribution in [2.45, 2.75) is 25.3 Å². The van der Waals surface area contributed by atoms with Crippen molar-refractivity contribution in [3.8, 4) is 28.8 Å². The van der Waals surface area contributed by atoms with E-state index in [1.54, 1.807) is 30.3 Å². The van der Waals surface area contributed by atoms with Crippen LogP contribution in [0.1, 0.15) is 12.6 Å². The average Bonchev–Trinajstić information content (AvgIpc) is 3.70. The third kappa shape index (κ3) is 4.84. The number of para-hydroxylation sites is 1. The zero-order valence-corrected chi connectivity index (χ0v) is 22.8. The van der Waals surface area contributed by atoms with Crippen LogP contribution >= 0.6 is 0 Å². The first-order valence-electron chi connectivity index (χ1n) is 12.0. The van der Waals surface area contributed by atoms with E-state index in [-0.39, 0.29) is 36.0 Å². The summed E-state index contributed by atoms with van der Waals surface area (Å²) < 4.78 is 68.9. The molecule has 0 aliphatic heterocycles. The second-order valence-electron chi connectivity index (χ2n) is 8.72. The van der Waals surface area contributed by atoms with Crippen LogP contribution in [0.15, 0.2) is 53.5 Å². The number of halogens is 1. The highest BCUT2D eigenvalue weighted by molar-refractivity contribution is 7.93. The highest BCUT2D eigenvalue weighted by Gasteiger charge is 2.30. The van der Waals surface area contributed by atoms with E-state index >= 15 is 0 Å². The number of benzene rings is 1. The summed E-state index contributed by atoms with van der Waals surface area (Å²) >= 11 is 0. The molecule has 13 nitrogen and oxygen atoms in total. The molecule has 0 radical (unpaired) electrons. The van der Waals surface area contributed by atoms with Crippen LogP contribution < -0.4 is 14.2 Å². The molecule has 15 heteroatoms. The fourth-order valence-electron chi connectivity index (χ4n) is 4.28. The van der Waals surface area contributed by atoms with E-state index in [1.165, 1.54) is 50.0 Å². The standard InChI is InChI=1S/C25H26FN7O6S/c1-15(11-17-21-22(16(26)12-27-17)32(13-28-21)14-36-2)40(34,35)31-25-30-29-24(20-9-6-10-39-20)33(25)23-18(37-3)7-5-8-19(23)38-4/h5-10,12-13,15H,11,14H2,1-4H3,(H,30,31)/t15-/m0/s1. The fourth-order valence-corrected chi connectivity index (χ4v) is 5.24. The molecule has 0 fully saturated rings. The summed E-state index contributed by atoms with van der Waals surface area (Å²) in [5.41, 5.74) is 1.10. The van der Waals surface area contributed by atoms with Crippen molar-refractivity contribution in [1.82, 2.24) is 29.3 Å². The number of anilines is 1. The van der Waals surface area contributed by atoms with E-state index in [1.807, 2.05) is 0 Å². The quantitative estimate of drug-likeness (QED) is 0.250. The lowest BCUT2D eigenvalue weighted by Crippen LogP contribution is -2.29. The number of rotatable bonds is 11. The van der Waals surface area contributed by atoms with Crippen LogP contribution in [0.25, 0.3) is 28.3 Å². The van der Waals surface area contributed by atoms with Gasteiger partial charge in [-0.3, -0.25) is 14.3 Å². The summed E-state index contributed by atoms with van der Waals surface area (Å²) in [5.74, 6) is 0.594.